The number of rotatable bonds is 4. The fourth-order valence-electron chi connectivity index (χ4n) is 7.22. The summed E-state index contributed by atoms with van der Waals surface area (Å²) in [5, 5.41) is 12.4. The number of aromatic hydroxyl groups is 1. The number of fused-ring (bicyclic) bond motifs is 4. The summed E-state index contributed by atoms with van der Waals surface area (Å²) in [4.78, 5) is 55.8. The number of aryl methyl sites for hydroxylation is 1. The van der Waals surface area contributed by atoms with E-state index in [1.54, 1.807) is 30.3 Å². The average molecular weight is 643 g/mol. The van der Waals surface area contributed by atoms with E-state index in [1.807, 2.05) is 55.5 Å². The van der Waals surface area contributed by atoms with Gasteiger partial charge in [0, 0.05) is 23.0 Å². The molecule has 2 aliphatic heterocycles. The highest BCUT2D eigenvalue weighted by molar-refractivity contribution is 9.10. The van der Waals surface area contributed by atoms with Crippen molar-refractivity contribution in [3.63, 3.8) is 0 Å². The highest BCUT2D eigenvalue weighted by atomic mass is 79.9. The number of anilines is 1. The molecule has 3 aromatic carbocycles. The second kappa shape index (κ2) is 9.70. The van der Waals surface area contributed by atoms with Crippen molar-refractivity contribution in [3.8, 4) is 5.75 Å². The number of allylic oxidation sites excluding steroid dienone is 2. The van der Waals surface area contributed by atoms with Crippen LogP contribution < -0.4 is 16.8 Å². The molecule has 0 spiro atoms. The summed E-state index contributed by atoms with van der Waals surface area (Å²) in [6, 6.07) is 20.9. The number of amides is 2. The second-order valence-electron chi connectivity index (χ2n) is 11.4. The Morgan fingerprint density at radius 1 is 0.953 bits per heavy atom. The topological polar surface area (TPSA) is 119 Å². The summed E-state index contributed by atoms with van der Waals surface area (Å²) in [7, 11) is 1.43. The zero-order chi connectivity index (χ0) is 30.2. The van der Waals surface area contributed by atoms with Crippen LogP contribution >= 0.6 is 15.9 Å². The molecule has 1 saturated heterocycles. The van der Waals surface area contributed by atoms with Crippen molar-refractivity contribution in [2.45, 2.75) is 37.3 Å². The Kier molecular flexibility index (Phi) is 6.14. The largest absolute Gasteiger partial charge is 0.508 e. The van der Waals surface area contributed by atoms with Gasteiger partial charge in [-0.25, -0.2) is 23.5 Å². The number of aromatic nitrogens is 3. The van der Waals surface area contributed by atoms with E-state index in [1.165, 1.54) is 16.4 Å². The molecule has 4 aromatic rings. The number of hydrogen-bond donors (Lipinski definition) is 2. The molecule has 11 heteroatoms. The lowest BCUT2D eigenvalue weighted by molar-refractivity contribution is -0.138. The van der Waals surface area contributed by atoms with Crippen LogP contribution in [-0.4, -0.2) is 35.9 Å². The molecule has 1 aromatic heterocycles. The molecule has 3 heterocycles. The highest BCUT2D eigenvalue weighted by Gasteiger charge is 2.69. The standard InChI is InChI=1S/C32H28BrN5O5/c1-18-8-11-21(12-9-18)34-37-28(40)24-17-25-22(14-15-36-30(42)35(2)31(43)38(25)36)27(23-16-20(33)10-13-26(23)39)32(24,29(37)41)19-6-4-3-5-7-19/h3-14,16,24-25,27,34,39H,15,17H2,1-2H3. The van der Waals surface area contributed by atoms with E-state index in [-0.39, 0.29) is 18.7 Å². The first-order chi connectivity index (χ1) is 20.6. The van der Waals surface area contributed by atoms with Crippen molar-refractivity contribution in [3.05, 3.63) is 127 Å². The molecule has 7 rings (SSSR count). The minimum Gasteiger partial charge on any atom is -0.508 e. The van der Waals surface area contributed by atoms with Gasteiger partial charge in [0.05, 0.1) is 29.6 Å². The van der Waals surface area contributed by atoms with Gasteiger partial charge >= 0.3 is 11.4 Å². The molecule has 2 fully saturated rings. The smallest absolute Gasteiger partial charge is 0.347 e. The Bertz CT molecular complexity index is 1960. The van der Waals surface area contributed by atoms with E-state index >= 15 is 0 Å². The van der Waals surface area contributed by atoms with Gasteiger partial charge in [-0.15, -0.1) is 0 Å². The minimum absolute atomic E-state index is 0.0441. The van der Waals surface area contributed by atoms with Crippen LogP contribution in [0.5, 0.6) is 5.75 Å². The lowest BCUT2D eigenvalue weighted by Gasteiger charge is -2.49. The lowest BCUT2D eigenvalue weighted by atomic mass is 9.53. The predicted molar refractivity (Wildman–Crippen MR) is 162 cm³/mol. The van der Waals surface area contributed by atoms with Crippen molar-refractivity contribution >= 4 is 33.4 Å². The van der Waals surface area contributed by atoms with Crippen molar-refractivity contribution in [2.24, 2.45) is 13.0 Å². The number of phenolic OH excluding ortho intramolecular Hbond substituents is 1. The van der Waals surface area contributed by atoms with Gasteiger partial charge in [-0.3, -0.25) is 15.0 Å². The van der Waals surface area contributed by atoms with Crippen molar-refractivity contribution in [1.82, 2.24) is 18.9 Å². The third-order valence-electron chi connectivity index (χ3n) is 9.15. The van der Waals surface area contributed by atoms with Crippen LogP contribution in [0.15, 0.2) is 98.5 Å². The Balaban J connectivity index is 1.52. The normalized spacial score (nSPS) is 24.3. The highest BCUT2D eigenvalue weighted by Crippen LogP contribution is 2.62. The molecule has 2 amide bonds. The number of carbonyl (C=O) groups excluding carboxylic acids is 2. The second-order valence-corrected chi connectivity index (χ2v) is 12.3. The van der Waals surface area contributed by atoms with Gasteiger partial charge < -0.3 is 5.11 Å². The van der Waals surface area contributed by atoms with Crippen LogP contribution in [-0.2, 0) is 28.6 Å². The summed E-state index contributed by atoms with van der Waals surface area (Å²) >= 11 is 3.53. The molecular formula is C32H28BrN5O5. The van der Waals surface area contributed by atoms with Gasteiger partial charge in [0.25, 0.3) is 11.8 Å². The van der Waals surface area contributed by atoms with Crippen molar-refractivity contribution in [1.29, 1.82) is 0 Å². The first-order valence-electron chi connectivity index (χ1n) is 14.0. The monoisotopic (exact) mass is 641 g/mol. The molecule has 4 unspecified atom stereocenters. The first-order valence-corrected chi connectivity index (χ1v) is 14.8. The Labute approximate surface area is 254 Å². The molecule has 2 N–H and O–H groups in total. The van der Waals surface area contributed by atoms with E-state index in [0.29, 0.717) is 26.9 Å². The number of carbonyl (C=O) groups is 2. The van der Waals surface area contributed by atoms with Gasteiger partial charge in [-0.2, -0.15) is 5.01 Å². The van der Waals surface area contributed by atoms with E-state index in [4.69, 9.17) is 0 Å². The van der Waals surface area contributed by atoms with Crippen LogP contribution in [0.2, 0.25) is 0 Å². The Hall–Kier alpha value is -4.64. The fraction of sp³-hybridized carbons (Fsp3) is 0.250. The molecule has 4 atom stereocenters. The summed E-state index contributed by atoms with van der Waals surface area (Å²) in [5.74, 6) is -2.72. The molecule has 0 radical (unpaired) electrons. The molecule has 1 aliphatic carbocycles. The molecule has 0 bridgehead atoms. The maximum atomic E-state index is 15.0. The minimum atomic E-state index is -1.46. The number of imide groups is 1. The first kappa shape index (κ1) is 27.2. The van der Waals surface area contributed by atoms with E-state index in [9.17, 15) is 24.3 Å². The molecule has 10 nitrogen and oxygen atoms in total. The predicted octanol–water partition coefficient (Wildman–Crippen LogP) is 3.74. The molecule has 3 aliphatic rings. The number of nitrogens with one attached hydrogen (secondary N) is 1. The van der Waals surface area contributed by atoms with Crippen molar-refractivity contribution < 1.29 is 14.7 Å². The molecule has 218 valence electrons. The third kappa shape index (κ3) is 3.77. The maximum Gasteiger partial charge on any atom is 0.347 e. The number of hydrogen-bond acceptors (Lipinski definition) is 6. The maximum absolute atomic E-state index is 15.0. The van der Waals surface area contributed by atoms with Crippen LogP contribution in [0.4, 0.5) is 5.69 Å². The summed E-state index contributed by atoms with van der Waals surface area (Å²) < 4.78 is 4.50. The molecule has 1 saturated carbocycles. The lowest BCUT2D eigenvalue weighted by Crippen LogP contribution is -2.53. The van der Waals surface area contributed by atoms with Gasteiger partial charge in [-0.1, -0.05) is 70.0 Å². The average Bonchev–Trinajstić information content (AvgIpc) is 3.36. The van der Waals surface area contributed by atoms with E-state index < -0.39 is 46.5 Å². The zero-order valence-corrected chi connectivity index (χ0v) is 25.0. The van der Waals surface area contributed by atoms with E-state index in [2.05, 4.69) is 21.4 Å². The molecular weight excluding hydrogens is 614 g/mol. The summed E-state index contributed by atoms with van der Waals surface area (Å²) in [6.45, 7) is 2.06. The number of benzene rings is 3. The number of nitrogens with zero attached hydrogens (tertiary/aromatic N) is 4. The van der Waals surface area contributed by atoms with Gasteiger partial charge in [0.1, 0.15) is 5.75 Å². The molecule has 43 heavy (non-hydrogen) atoms. The van der Waals surface area contributed by atoms with Crippen LogP contribution in [0.25, 0.3) is 0 Å². The number of halogens is 1. The van der Waals surface area contributed by atoms with Gasteiger partial charge in [0.15, 0.2) is 0 Å². The summed E-state index contributed by atoms with van der Waals surface area (Å²) in [6.07, 6.45) is 1.97. The third-order valence-corrected chi connectivity index (χ3v) is 9.64. The quantitative estimate of drug-likeness (QED) is 0.259. The van der Waals surface area contributed by atoms with Crippen LogP contribution in [0.3, 0.4) is 0 Å². The Morgan fingerprint density at radius 2 is 1.67 bits per heavy atom. The van der Waals surface area contributed by atoms with Gasteiger partial charge in [0.2, 0.25) is 0 Å². The number of hydrazine groups is 1. The Morgan fingerprint density at radius 3 is 2.40 bits per heavy atom. The van der Waals surface area contributed by atoms with Gasteiger partial charge in [-0.05, 0) is 54.8 Å². The fourth-order valence-corrected chi connectivity index (χ4v) is 7.60. The van der Waals surface area contributed by atoms with Crippen molar-refractivity contribution in [2.75, 3.05) is 5.43 Å². The zero-order valence-electron chi connectivity index (χ0n) is 23.4. The van der Waals surface area contributed by atoms with Crippen LogP contribution in [0, 0.1) is 12.8 Å². The summed E-state index contributed by atoms with van der Waals surface area (Å²) in [5.41, 5.74) is 3.99. The SMILES string of the molecule is Cc1ccc(NN2C(=O)C3CC4C(=CCn5c(=O)n(C)c(=O)n54)C(c4cc(Br)ccc4O)C3(c3ccccc3)C2=O)cc1. The number of phenols is 1. The van der Waals surface area contributed by atoms with Crippen LogP contribution in [0.1, 0.15) is 35.1 Å². The van der Waals surface area contributed by atoms with E-state index in [0.717, 1.165) is 15.1 Å².